The number of non-ortho nitro benzene ring substituents is 1. The fourth-order valence-electron chi connectivity index (χ4n) is 3.63. The summed E-state index contributed by atoms with van der Waals surface area (Å²) in [5, 5.41) is 13.5. The van der Waals surface area contributed by atoms with Gasteiger partial charge in [0.1, 0.15) is 5.75 Å². The van der Waals surface area contributed by atoms with Crippen molar-refractivity contribution < 1.29 is 28.7 Å². The summed E-state index contributed by atoms with van der Waals surface area (Å²) in [6.07, 6.45) is 1.70. The van der Waals surface area contributed by atoms with Crippen molar-refractivity contribution in [2.75, 3.05) is 30.5 Å². The SMILES string of the molecule is CCOc1ccc(N2C(=O)/C(=C/c3ccc(OCC(=O)Nc4cccc([N+](=O)[O-])c4)c(OC)c3)SC2=S)cc1. The van der Waals surface area contributed by atoms with Crippen molar-refractivity contribution in [1.29, 1.82) is 0 Å². The normalized spacial score (nSPS) is 13.9. The number of nitrogens with one attached hydrogen (secondary N) is 1. The fourth-order valence-corrected chi connectivity index (χ4v) is 4.93. The van der Waals surface area contributed by atoms with Gasteiger partial charge in [-0.1, -0.05) is 36.1 Å². The van der Waals surface area contributed by atoms with Crippen molar-refractivity contribution in [2.45, 2.75) is 6.92 Å². The zero-order chi connectivity index (χ0) is 27.9. The molecule has 0 unspecified atom stereocenters. The van der Waals surface area contributed by atoms with E-state index in [1.807, 2.05) is 6.92 Å². The molecule has 39 heavy (non-hydrogen) atoms. The number of benzene rings is 3. The van der Waals surface area contributed by atoms with Gasteiger partial charge in [0.05, 0.1) is 29.2 Å². The maximum Gasteiger partial charge on any atom is 0.271 e. The number of anilines is 2. The number of carbonyl (C=O) groups excluding carboxylic acids is 2. The first-order valence-electron chi connectivity index (χ1n) is 11.6. The number of hydrogen-bond donors (Lipinski definition) is 1. The van der Waals surface area contributed by atoms with Gasteiger partial charge in [0.2, 0.25) is 0 Å². The van der Waals surface area contributed by atoms with Gasteiger partial charge in [-0.3, -0.25) is 24.6 Å². The van der Waals surface area contributed by atoms with Crippen molar-refractivity contribution >= 4 is 63.3 Å². The number of thiocarbonyl (C=S) groups is 1. The average molecular weight is 566 g/mol. The summed E-state index contributed by atoms with van der Waals surface area (Å²) in [4.78, 5) is 37.7. The summed E-state index contributed by atoms with van der Waals surface area (Å²) in [5.74, 6) is 0.628. The highest BCUT2D eigenvalue weighted by Gasteiger charge is 2.33. The molecule has 0 atom stereocenters. The van der Waals surface area contributed by atoms with E-state index in [4.69, 9.17) is 26.4 Å². The van der Waals surface area contributed by atoms with Crippen LogP contribution in [0, 0.1) is 10.1 Å². The van der Waals surface area contributed by atoms with Gasteiger partial charge < -0.3 is 19.5 Å². The van der Waals surface area contributed by atoms with Crippen LogP contribution in [0.5, 0.6) is 17.2 Å². The lowest BCUT2D eigenvalue weighted by Gasteiger charge is -2.15. The minimum Gasteiger partial charge on any atom is -0.494 e. The molecule has 10 nitrogen and oxygen atoms in total. The fraction of sp³-hybridized carbons (Fsp3) is 0.148. The summed E-state index contributed by atoms with van der Waals surface area (Å²) < 4.78 is 16.9. The van der Waals surface area contributed by atoms with Gasteiger partial charge in [0, 0.05) is 17.8 Å². The number of amides is 2. The first-order valence-corrected chi connectivity index (χ1v) is 12.9. The molecule has 0 aromatic heterocycles. The van der Waals surface area contributed by atoms with Crippen LogP contribution in [-0.2, 0) is 9.59 Å². The predicted octanol–water partition coefficient (Wildman–Crippen LogP) is 5.43. The second kappa shape index (κ2) is 12.4. The smallest absolute Gasteiger partial charge is 0.271 e. The molecule has 1 aliphatic heterocycles. The number of nitro groups is 1. The summed E-state index contributed by atoms with van der Waals surface area (Å²) in [5.41, 5.74) is 1.46. The Hall–Kier alpha value is -4.42. The number of carbonyl (C=O) groups is 2. The molecule has 1 aliphatic rings. The topological polar surface area (TPSA) is 120 Å². The van der Waals surface area contributed by atoms with Gasteiger partial charge in [-0.2, -0.15) is 0 Å². The Morgan fingerprint density at radius 1 is 1.10 bits per heavy atom. The van der Waals surface area contributed by atoms with E-state index in [1.165, 1.54) is 42.0 Å². The molecule has 200 valence electrons. The second-order valence-corrected chi connectivity index (χ2v) is 9.67. The van der Waals surface area contributed by atoms with Crippen molar-refractivity contribution in [1.82, 2.24) is 0 Å². The summed E-state index contributed by atoms with van der Waals surface area (Å²) in [6, 6.07) is 17.8. The van der Waals surface area contributed by atoms with Gasteiger partial charge in [-0.05, 0) is 61.0 Å². The Labute approximate surface area is 233 Å². The van der Waals surface area contributed by atoms with E-state index in [1.54, 1.807) is 54.6 Å². The Kier molecular flexibility index (Phi) is 8.79. The molecule has 0 radical (unpaired) electrons. The molecule has 2 amide bonds. The van der Waals surface area contributed by atoms with Crippen LogP contribution in [0.3, 0.4) is 0 Å². The molecule has 1 N–H and O–H groups in total. The maximum absolute atomic E-state index is 13.1. The molecular formula is C27H23N3O7S2. The monoisotopic (exact) mass is 565 g/mol. The average Bonchev–Trinajstić information content (AvgIpc) is 3.20. The van der Waals surface area contributed by atoms with Gasteiger partial charge in [0.25, 0.3) is 17.5 Å². The summed E-state index contributed by atoms with van der Waals surface area (Å²) in [7, 11) is 1.46. The number of rotatable bonds is 10. The van der Waals surface area contributed by atoms with E-state index >= 15 is 0 Å². The minimum atomic E-state index is -0.545. The van der Waals surface area contributed by atoms with Crippen molar-refractivity contribution in [2.24, 2.45) is 0 Å². The molecule has 3 aromatic rings. The highest BCUT2D eigenvalue weighted by atomic mass is 32.2. The highest BCUT2D eigenvalue weighted by molar-refractivity contribution is 8.27. The third-order valence-electron chi connectivity index (χ3n) is 5.38. The second-order valence-electron chi connectivity index (χ2n) is 8.00. The van der Waals surface area contributed by atoms with Crippen LogP contribution in [0.25, 0.3) is 6.08 Å². The summed E-state index contributed by atoms with van der Waals surface area (Å²) in [6.45, 7) is 2.09. The van der Waals surface area contributed by atoms with Crippen molar-refractivity contribution in [3.05, 3.63) is 87.3 Å². The van der Waals surface area contributed by atoms with Crippen LogP contribution in [0.1, 0.15) is 12.5 Å². The molecule has 1 heterocycles. The number of methoxy groups -OCH3 is 1. The number of hydrogen-bond acceptors (Lipinski definition) is 9. The van der Waals surface area contributed by atoms with Crippen molar-refractivity contribution in [3.63, 3.8) is 0 Å². The minimum absolute atomic E-state index is 0.137. The van der Waals surface area contributed by atoms with Gasteiger partial charge in [-0.15, -0.1) is 0 Å². The van der Waals surface area contributed by atoms with Gasteiger partial charge in [-0.25, -0.2) is 0 Å². The zero-order valence-corrected chi connectivity index (χ0v) is 22.5. The summed E-state index contributed by atoms with van der Waals surface area (Å²) >= 11 is 6.64. The van der Waals surface area contributed by atoms with E-state index in [2.05, 4.69) is 5.32 Å². The quantitative estimate of drug-likeness (QED) is 0.149. The number of ether oxygens (including phenoxy) is 3. The molecule has 0 saturated carbocycles. The lowest BCUT2D eigenvalue weighted by molar-refractivity contribution is -0.384. The molecular weight excluding hydrogens is 542 g/mol. The molecule has 0 aliphatic carbocycles. The Balaban J connectivity index is 1.43. The van der Waals surface area contributed by atoms with Crippen LogP contribution in [0.4, 0.5) is 17.1 Å². The third-order valence-corrected chi connectivity index (χ3v) is 6.69. The van der Waals surface area contributed by atoms with E-state index < -0.39 is 10.8 Å². The van der Waals surface area contributed by atoms with E-state index in [-0.39, 0.29) is 23.9 Å². The highest BCUT2D eigenvalue weighted by Crippen LogP contribution is 2.37. The molecule has 1 saturated heterocycles. The zero-order valence-electron chi connectivity index (χ0n) is 20.9. The van der Waals surface area contributed by atoms with Crippen LogP contribution in [-0.4, -0.2) is 41.4 Å². The predicted molar refractivity (Wildman–Crippen MR) is 153 cm³/mol. The Morgan fingerprint density at radius 2 is 1.87 bits per heavy atom. The molecule has 12 heteroatoms. The number of nitrogens with zero attached hydrogens (tertiary/aromatic N) is 2. The standard InChI is InChI=1S/C27H23N3O7S2/c1-3-36-21-10-8-19(9-11-21)29-26(32)24(39-27(29)38)14-17-7-12-22(23(13-17)35-2)37-16-25(31)28-18-5-4-6-20(15-18)30(33)34/h4-15H,3,16H2,1-2H3,(H,28,31)/b24-14-. The van der Waals surface area contributed by atoms with Crippen LogP contribution in [0.2, 0.25) is 0 Å². The first kappa shape index (κ1) is 27.6. The van der Waals surface area contributed by atoms with Crippen LogP contribution < -0.4 is 24.4 Å². The largest absolute Gasteiger partial charge is 0.494 e. The van der Waals surface area contributed by atoms with E-state index in [0.717, 1.165) is 0 Å². The van der Waals surface area contributed by atoms with Gasteiger partial charge >= 0.3 is 0 Å². The Morgan fingerprint density at radius 3 is 2.56 bits per heavy atom. The first-order chi connectivity index (χ1) is 18.8. The molecule has 3 aromatic carbocycles. The molecule has 4 rings (SSSR count). The number of thioether (sulfide) groups is 1. The van der Waals surface area contributed by atoms with Crippen molar-refractivity contribution in [3.8, 4) is 17.2 Å². The maximum atomic E-state index is 13.1. The van der Waals surface area contributed by atoms with E-state index in [9.17, 15) is 19.7 Å². The molecule has 0 bridgehead atoms. The third kappa shape index (κ3) is 6.72. The number of nitro benzene ring substituents is 1. The van der Waals surface area contributed by atoms with Gasteiger partial charge in [0.15, 0.2) is 22.4 Å². The lowest BCUT2D eigenvalue weighted by Crippen LogP contribution is -2.27. The molecule has 0 spiro atoms. The lowest BCUT2D eigenvalue weighted by atomic mass is 10.1. The van der Waals surface area contributed by atoms with Crippen LogP contribution in [0.15, 0.2) is 71.6 Å². The Bertz CT molecular complexity index is 1460. The van der Waals surface area contributed by atoms with E-state index in [0.29, 0.717) is 44.3 Å². The van der Waals surface area contributed by atoms with Crippen LogP contribution >= 0.6 is 24.0 Å². The molecule has 1 fully saturated rings.